The number of aromatic nitrogens is 3. The van der Waals surface area contributed by atoms with Crippen LogP contribution in [-0.4, -0.2) is 26.7 Å². The van der Waals surface area contributed by atoms with Gasteiger partial charge in [0.1, 0.15) is 0 Å². The minimum absolute atomic E-state index is 0.0584. The second-order valence-corrected chi connectivity index (χ2v) is 8.02. The zero-order valence-electron chi connectivity index (χ0n) is 19.4. The van der Waals surface area contributed by atoms with E-state index in [1.165, 1.54) is 24.4 Å². The van der Waals surface area contributed by atoms with Gasteiger partial charge in [-0.25, -0.2) is 10.4 Å². The highest BCUT2D eigenvalue weighted by molar-refractivity contribution is 5.76. The minimum atomic E-state index is -4.53. The molecule has 10 heteroatoms. The summed E-state index contributed by atoms with van der Waals surface area (Å²) in [5.74, 6) is -1.24. The van der Waals surface area contributed by atoms with E-state index in [0.29, 0.717) is 6.42 Å². The molecule has 1 N–H and O–H groups in total. The molecule has 1 amide bonds. The van der Waals surface area contributed by atoms with Gasteiger partial charge in [-0.15, -0.1) is 0 Å². The van der Waals surface area contributed by atoms with E-state index in [4.69, 9.17) is 0 Å². The van der Waals surface area contributed by atoms with E-state index in [1.807, 2.05) is 42.8 Å². The molecule has 35 heavy (non-hydrogen) atoms. The van der Waals surface area contributed by atoms with Gasteiger partial charge in [0.2, 0.25) is 5.91 Å². The Hall–Kier alpha value is -4.00. The van der Waals surface area contributed by atoms with Gasteiger partial charge in [-0.05, 0) is 56.9 Å². The van der Waals surface area contributed by atoms with Crippen molar-refractivity contribution in [2.45, 2.75) is 51.6 Å². The van der Waals surface area contributed by atoms with E-state index in [1.54, 1.807) is 6.33 Å². The highest BCUT2D eigenvalue weighted by Gasteiger charge is 2.34. The molecule has 0 aliphatic carbocycles. The molecule has 0 spiro atoms. The molecular weight excluding hydrogens is 457 g/mol. The van der Waals surface area contributed by atoms with Crippen molar-refractivity contribution in [3.8, 4) is 11.8 Å². The van der Waals surface area contributed by atoms with E-state index < -0.39 is 17.7 Å². The second-order valence-electron chi connectivity index (χ2n) is 8.02. The molecule has 0 fully saturated rings. The van der Waals surface area contributed by atoms with Crippen LogP contribution in [0.4, 0.5) is 13.2 Å². The van der Waals surface area contributed by atoms with Crippen LogP contribution in [0.25, 0.3) is 5.69 Å². The van der Waals surface area contributed by atoms with Crippen molar-refractivity contribution in [1.29, 1.82) is 5.26 Å². The van der Waals surface area contributed by atoms with Gasteiger partial charge in [-0.1, -0.05) is 18.2 Å². The molecule has 1 aromatic carbocycles. The Morgan fingerprint density at radius 3 is 2.69 bits per heavy atom. The lowest BCUT2D eigenvalue weighted by Crippen LogP contribution is -2.18. The van der Waals surface area contributed by atoms with Crippen LogP contribution in [-0.2, 0) is 17.4 Å². The zero-order chi connectivity index (χ0) is 25.4. The maximum Gasteiger partial charge on any atom is 0.416 e. The lowest BCUT2D eigenvalue weighted by molar-refractivity contribution is -0.138. The molecule has 0 radical (unpaired) electrons. The van der Waals surface area contributed by atoms with E-state index >= 15 is 0 Å². The summed E-state index contributed by atoms with van der Waals surface area (Å²) < 4.78 is 41.5. The Kier molecular flexibility index (Phi) is 8.36. The maximum atomic E-state index is 13.2. The average molecular weight is 483 g/mol. The molecule has 182 valence electrons. The Labute approximate surface area is 201 Å². The summed E-state index contributed by atoms with van der Waals surface area (Å²) in [5, 5.41) is 13.2. The molecule has 1 unspecified atom stereocenters. The number of halogens is 3. The number of alkyl halides is 3. The topological polar surface area (TPSA) is 96.0 Å². The van der Waals surface area contributed by atoms with Gasteiger partial charge >= 0.3 is 6.18 Å². The summed E-state index contributed by atoms with van der Waals surface area (Å²) in [4.78, 5) is 20.8. The molecular formula is C25H25F3N6O. The summed E-state index contributed by atoms with van der Waals surface area (Å²) >= 11 is 0. The number of aryl methyl sites for hydroxylation is 3. The van der Waals surface area contributed by atoms with E-state index in [2.05, 4.69) is 20.5 Å². The number of amides is 1. The van der Waals surface area contributed by atoms with Crippen molar-refractivity contribution in [3.63, 3.8) is 0 Å². The first-order chi connectivity index (χ1) is 16.7. The second kappa shape index (κ2) is 11.4. The monoisotopic (exact) mass is 482 g/mol. The quantitative estimate of drug-likeness (QED) is 0.342. The van der Waals surface area contributed by atoms with Gasteiger partial charge in [0.25, 0.3) is 0 Å². The van der Waals surface area contributed by atoms with Gasteiger partial charge in [-0.3, -0.25) is 9.78 Å². The molecule has 0 aliphatic rings. The third-order valence-corrected chi connectivity index (χ3v) is 5.38. The molecule has 2 heterocycles. The first-order valence-electron chi connectivity index (χ1n) is 11.0. The van der Waals surface area contributed by atoms with Crippen molar-refractivity contribution < 1.29 is 18.0 Å². The highest BCUT2D eigenvalue weighted by atomic mass is 19.4. The van der Waals surface area contributed by atoms with E-state index in [-0.39, 0.29) is 30.7 Å². The highest BCUT2D eigenvalue weighted by Crippen LogP contribution is 2.36. The molecule has 3 rings (SSSR count). The smallest absolute Gasteiger partial charge is 0.304 e. The van der Waals surface area contributed by atoms with Crippen molar-refractivity contribution in [2.24, 2.45) is 5.10 Å². The summed E-state index contributed by atoms with van der Waals surface area (Å²) in [6.45, 7) is 3.80. The lowest BCUT2D eigenvalue weighted by atomic mass is 9.91. The third-order valence-electron chi connectivity index (χ3n) is 5.38. The Balaban J connectivity index is 1.46. The lowest BCUT2D eigenvalue weighted by Gasteiger charge is -2.15. The predicted molar refractivity (Wildman–Crippen MR) is 125 cm³/mol. The van der Waals surface area contributed by atoms with Crippen molar-refractivity contribution in [2.75, 3.05) is 0 Å². The largest absolute Gasteiger partial charge is 0.416 e. The molecule has 3 aromatic rings. The molecule has 2 aromatic heterocycles. The van der Waals surface area contributed by atoms with Gasteiger partial charge in [0.15, 0.2) is 0 Å². The Morgan fingerprint density at radius 1 is 1.26 bits per heavy atom. The Bertz CT molecular complexity index is 1240. The molecule has 7 nitrogen and oxygen atoms in total. The summed E-state index contributed by atoms with van der Waals surface area (Å²) in [6.07, 6.45) is 1.48. The summed E-state index contributed by atoms with van der Waals surface area (Å²) in [6, 6.07) is 10.8. The van der Waals surface area contributed by atoms with Crippen LogP contribution in [0.3, 0.4) is 0 Å². The van der Waals surface area contributed by atoms with Crippen LogP contribution < -0.4 is 5.43 Å². The van der Waals surface area contributed by atoms with Gasteiger partial charge in [0.05, 0.1) is 41.0 Å². The normalized spacial score (nSPS) is 12.5. The van der Waals surface area contributed by atoms with Crippen LogP contribution >= 0.6 is 0 Å². The minimum Gasteiger partial charge on any atom is -0.304 e. The standard InChI is InChI=1S/C25H25F3N6O/c1-17-15-34(16-30-17)23-11-9-20(32-18(23)2)10-12-24(35)33-31-13-5-6-19(14-29)21-7-3-4-8-22(21)25(26,27)28/h3-4,7-9,11,13,15-16,19H,5-6,10,12H2,1-2H3,(H,33,35)/b31-13-. The molecule has 0 aliphatic heterocycles. The Morgan fingerprint density at radius 2 is 2.03 bits per heavy atom. The number of hydrazone groups is 1. The molecule has 0 saturated heterocycles. The maximum absolute atomic E-state index is 13.2. The third kappa shape index (κ3) is 6.99. The summed E-state index contributed by atoms with van der Waals surface area (Å²) in [5.41, 5.74) is 4.93. The van der Waals surface area contributed by atoms with Gasteiger partial charge in [0, 0.05) is 24.5 Å². The number of nitrogens with one attached hydrogen (secondary N) is 1. The average Bonchev–Trinajstić information content (AvgIpc) is 3.25. The van der Waals surface area contributed by atoms with Crippen molar-refractivity contribution in [1.82, 2.24) is 20.0 Å². The summed E-state index contributed by atoms with van der Waals surface area (Å²) in [7, 11) is 0. The van der Waals surface area contributed by atoms with E-state index in [0.717, 1.165) is 28.8 Å². The number of nitrogens with zero attached hydrogens (tertiary/aromatic N) is 5. The number of nitriles is 1. The SMILES string of the molecule is Cc1cn(-c2ccc(CCC(=O)N/N=C\CCC(C#N)c3ccccc3C(F)(F)F)nc2C)cn1. The molecule has 0 bridgehead atoms. The first kappa shape index (κ1) is 25.6. The van der Waals surface area contributed by atoms with Crippen LogP contribution in [0.1, 0.15) is 53.4 Å². The first-order valence-corrected chi connectivity index (χ1v) is 11.0. The van der Waals surface area contributed by atoms with Crippen LogP contribution in [0, 0.1) is 25.2 Å². The molecule has 0 saturated carbocycles. The number of benzene rings is 1. The van der Waals surface area contributed by atoms with Crippen molar-refractivity contribution in [3.05, 3.63) is 77.1 Å². The predicted octanol–water partition coefficient (Wildman–Crippen LogP) is 5.03. The van der Waals surface area contributed by atoms with E-state index in [9.17, 15) is 23.2 Å². The number of imidazole rings is 1. The number of carbonyl (C=O) groups is 1. The zero-order valence-corrected chi connectivity index (χ0v) is 19.4. The fourth-order valence-electron chi connectivity index (χ4n) is 3.64. The number of hydrogen-bond acceptors (Lipinski definition) is 5. The van der Waals surface area contributed by atoms with Crippen LogP contribution in [0.15, 0.2) is 54.0 Å². The van der Waals surface area contributed by atoms with Crippen LogP contribution in [0.5, 0.6) is 0 Å². The molecule has 1 atom stereocenters. The van der Waals surface area contributed by atoms with Gasteiger partial charge < -0.3 is 4.57 Å². The van der Waals surface area contributed by atoms with Crippen LogP contribution in [0.2, 0.25) is 0 Å². The van der Waals surface area contributed by atoms with Gasteiger partial charge in [-0.2, -0.15) is 23.5 Å². The van der Waals surface area contributed by atoms with Crippen molar-refractivity contribution >= 4 is 12.1 Å². The number of pyridine rings is 1. The fourth-order valence-corrected chi connectivity index (χ4v) is 3.64. The number of hydrogen-bond donors (Lipinski definition) is 1. The number of carbonyl (C=O) groups excluding carboxylic acids is 1. The number of rotatable bonds is 9. The fraction of sp³-hybridized carbons (Fsp3) is 0.320.